The lowest BCUT2D eigenvalue weighted by atomic mass is 10.1. The summed E-state index contributed by atoms with van der Waals surface area (Å²) in [7, 11) is 1.75. The number of epoxide rings is 1. The average Bonchev–Trinajstić information content (AvgIpc) is 3.64. The van der Waals surface area contributed by atoms with Gasteiger partial charge in [-0.3, -0.25) is 9.59 Å². The van der Waals surface area contributed by atoms with Crippen LogP contribution in [0.25, 0.3) is 0 Å². The number of carbonyl (C=O) groups excluding carboxylic acids is 2. The summed E-state index contributed by atoms with van der Waals surface area (Å²) in [5.74, 6) is 1.22. The van der Waals surface area contributed by atoms with Crippen LogP contribution in [0.1, 0.15) is 61.9 Å². The van der Waals surface area contributed by atoms with Crippen molar-refractivity contribution in [2.75, 3.05) is 25.1 Å². The lowest BCUT2D eigenvalue weighted by molar-refractivity contribution is -0.141. The van der Waals surface area contributed by atoms with Gasteiger partial charge >= 0.3 is 5.97 Å². The fraction of sp³-hybridized carbons (Fsp3) is 0.538. The molecule has 2 aliphatic heterocycles. The molecule has 2 unspecified atom stereocenters. The van der Waals surface area contributed by atoms with Crippen LogP contribution in [-0.2, 0) is 27.3 Å². The Kier molecular flexibility index (Phi) is 7.85. The Morgan fingerprint density at radius 2 is 1.86 bits per heavy atom. The third-order valence-electron chi connectivity index (χ3n) is 6.01. The van der Waals surface area contributed by atoms with Gasteiger partial charge in [0.15, 0.2) is 24.0 Å². The number of anilines is 1. The quantitative estimate of drug-likeness (QED) is 0.272. The highest BCUT2D eigenvalue weighted by molar-refractivity contribution is 5.98. The predicted molar refractivity (Wildman–Crippen MR) is 130 cm³/mol. The number of benzene rings is 1. The lowest BCUT2D eigenvalue weighted by Gasteiger charge is -2.25. The molecule has 0 aliphatic carbocycles. The highest BCUT2D eigenvalue weighted by Gasteiger charge is 2.53. The van der Waals surface area contributed by atoms with Crippen molar-refractivity contribution in [1.29, 1.82) is 0 Å². The summed E-state index contributed by atoms with van der Waals surface area (Å²) in [5.41, 5.74) is 1.84. The number of unbranched alkanes of at least 4 members (excludes halogenated alkanes) is 2. The van der Waals surface area contributed by atoms with Gasteiger partial charge in [-0.2, -0.15) is 0 Å². The van der Waals surface area contributed by atoms with E-state index in [2.05, 4.69) is 18.7 Å². The Hall–Kier alpha value is -3.20. The Morgan fingerprint density at radius 1 is 1.09 bits per heavy atom. The van der Waals surface area contributed by atoms with Gasteiger partial charge in [-0.1, -0.05) is 32.0 Å². The van der Waals surface area contributed by atoms with Crippen LogP contribution in [0.15, 0.2) is 30.3 Å². The number of hydrogen-bond acceptors (Lipinski definition) is 8. The van der Waals surface area contributed by atoms with Gasteiger partial charge in [-0.25, -0.2) is 9.97 Å². The molecule has 188 valence electrons. The van der Waals surface area contributed by atoms with E-state index in [1.54, 1.807) is 11.9 Å². The van der Waals surface area contributed by atoms with E-state index in [0.717, 1.165) is 36.4 Å². The second-order valence-corrected chi connectivity index (χ2v) is 9.42. The van der Waals surface area contributed by atoms with Gasteiger partial charge in [-0.15, -0.1) is 0 Å². The van der Waals surface area contributed by atoms with Crippen LogP contribution in [-0.4, -0.2) is 59.4 Å². The summed E-state index contributed by atoms with van der Waals surface area (Å²) in [5, 5.41) is 0. The molecule has 0 radical (unpaired) electrons. The zero-order valence-electron chi connectivity index (χ0n) is 20.9. The number of ether oxygens (including phenoxy) is 3. The first-order valence-electron chi connectivity index (χ1n) is 12.3. The van der Waals surface area contributed by atoms with E-state index in [4.69, 9.17) is 24.2 Å². The van der Waals surface area contributed by atoms with Crippen molar-refractivity contribution in [1.82, 2.24) is 14.9 Å². The second-order valence-electron chi connectivity index (χ2n) is 9.42. The van der Waals surface area contributed by atoms with Crippen LogP contribution in [0.2, 0.25) is 0 Å². The maximum atomic E-state index is 13.3. The zero-order valence-corrected chi connectivity index (χ0v) is 20.9. The molecule has 2 aliphatic rings. The molecular formula is C26H34N4O5. The molecule has 9 heteroatoms. The van der Waals surface area contributed by atoms with E-state index >= 15 is 0 Å². The summed E-state index contributed by atoms with van der Waals surface area (Å²) in [4.78, 5) is 37.7. The first-order chi connectivity index (χ1) is 16.8. The van der Waals surface area contributed by atoms with Crippen molar-refractivity contribution < 1.29 is 23.8 Å². The largest absolute Gasteiger partial charge is 0.487 e. The molecule has 9 nitrogen and oxygen atoms in total. The molecule has 0 saturated carbocycles. The van der Waals surface area contributed by atoms with Gasteiger partial charge in [0, 0.05) is 20.5 Å². The van der Waals surface area contributed by atoms with Gasteiger partial charge in [-0.05, 0) is 43.7 Å². The van der Waals surface area contributed by atoms with Gasteiger partial charge in [0.05, 0.1) is 12.3 Å². The van der Waals surface area contributed by atoms with Gasteiger partial charge < -0.3 is 24.0 Å². The van der Waals surface area contributed by atoms with Crippen LogP contribution >= 0.6 is 0 Å². The van der Waals surface area contributed by atoms with Crippen molar-refractivity contribution in [3.05, 3.63) is 47.4 Å². The number of para-hydroxylation sites is 1. The third-order valence-corrected chi connectivity index (χ3v) is 6.01. The molecule has 0 spiro atoms. The minimum absolute atomic E-state index is 0.183. The number of aromatic nitrogens is 2. The molecule has 35 heavy (non-hydrogen) atoms. The van der Waals surface area contributed by atoms with Crippen molar-refractivity contribution in [3.63, 3.8) is 0 Å². The number of esters is 1. The highest BCUT2D eigenvalue weighted by Crippen LogP contribution is 2.38. The van der Waals surface area contributed by atoms with Crippen molar-refractivity contribution in [3.8, 4) is 5.75 Å². The van der Waals surface area contributed by atoms with E-state index in [1.807, 2.05) is 30.3 Å². The van der Waals surface area contributed by atoms with Crippen LogP contribution in [0.5, 0.6) is 5.75 Å². The Bertz CT molecular complexity index is 1050. The molecule has 0 bridgehead atoms. The summed E-state index contributed by atoms with van der Waals surface area (Å²) < 4.78 is 16.9. The minimum atomic E-state index is -0.286. The molecule has 1 amide bonds. The van der Waals surface area contributed by atoms with Crippen LogP contribution < -0.4 is 9.64 Å². The maximum absolute atomic E-state index is 13.3. The van der Waals surface area contributed by atoms with E-state index in [-0.39, 0.29) is 30.9 Å². The SMILES string of the molecule is CC(=O)OCCCCCc1nc2c(nc1COc1ccccc1)N(CC(C)C)C1OC1N(C)C2=O. The number of fused-ring (bicyclic) bond motifs is 2. The van der Waals surface area contributed by atoms with Crippen molar-refractivity contribution in [2.45, 2.75) is 65.5 Å². The molecule has 4 rings (SSSR count). The number of amides is 1. The molecule has 1 fully saturated rings. The Balaban J connectivity index is 1.60. The predicted octanol–water partition coefficient (Wildman–Crippen LogP) is 3.56. The monoisotopic (exact) mass is 482 g/mol. The fourth-order valence-electron chi connectivity index (χ4n) is 4.20. The number of hydrogen-bond donors (Lipinski definition) is 0. The number of carbonyl (C=O) groups is 2. The van der Waals surface area contributed by atoms with Gasteiger partial charge in [0.25, 0.3) is 5.91 Å². The van der Waals surface area contributed by atoms with Crippen LogP contribution in [0.3, 0.4) is 0 Å². The molecule has 1 aromatic carbocycles. The summed E-state index contributed by atoms with van der Waals surface area (Å²) >= 11 is 0. The van der Waals surface area contributed by atoms with Crippen molar-refractivity contribution >= 4 is 17.7 Å². The highest BCUT2D eigenvalue weighted by atomic mass is 16.6. The van der Waals surface area contributed by atoms with Crippen molar-refractivity contribution in [2.24, 2.45) is 5.92 Å². The summed E-state index contributed by atoms with van der Waals surface area (Å²) in [6, 6.07) is 9.58. The van der Waals surface area contributed by atoms with Crippen LogP contribution in [0, 0.1) is 5.92 Å². The first-order valence-corrected chi connectivity index (χ1v) is 12.3. The first kappa shape index (κ1) is 24.9. The summed E-state index contributed by atoms with van der Waals surface area (Å²) in [6.07, 6.45) is 2.64. The van der Waals surface area contributed by atoms with Gasteiger partial charge in [0.2, 0.25) is 0 Å². The standard InChI is InChI=1S/C26H34N4O5/c1-17(2)15-30-23-22(24(32)29(4)25-26(30)35-25)27-20(13-9-6-10-14-33-18(3)31)21(28-23)16-34-19-11-7-5-8-12-19/h5,7-8,11-12,17,25-26H,6,9-10,13-16H2,1-4H3. The number of rotatable bonds is 11. The number of likely N-dealkylation sites (N-methyl/N-ethyl adjacent to an activating group) is 1. The van der Waals surface area contributed by atoms with E-state index in [1.165, 1.54) is 6.92 Å². The molecular weight excluding hydrogens is 448 g/mol. The average molecular weight is 483 g/mol. The fourth-order valence-corrected chi connectivity index (χ4v) is 4.20. The van der Waals surface area contributed by atoms with E-state index in [9.17, 15) is 9.59 Å². The lowest BCUT2D eigenvalue weighted by Crippen LogP contribution is -2.34. The van der Waals surface area contributed by atoms with E-state index < -0.39 is 0 Å². The minimum Gasteiger partial charge on any atom is -0.487 e. The Morgan fingerprint density at radius 3 is 2.57 bits per heavy atom. The van der Waals surface area contributed by atoms with Gasteiger partial charge in [0.1, 0.15) is 18.1 Å². The molecule has 0 N–H and O–H groups in total. The zero-order chi connectivity index (χ0) is 24.9. The van der Waals surface area contributed by atoms with Crippen LogP contribution in [0.4, 0.5) is 5.82 Å². The third kappa shape index (κ3) is 6.08. The maximum Gasteiger partial charge on any atom is 0.302 e. The molecule has 3 heterocycles. The Labute approximate surface area is 206 Å². The summed E-state index contributed by atoms with van der Waals surface area (Å²) in [6.45, 7) is 7.04. The molecule has 1 saturated heterocycles. The topological polar surface area (TPSA) is 97.4 Å². The molecule has 2 atom stereocenters. The molecule has 1 aromatic heterocycles. The number of aryl methyl sites for hydroxylation is 1. The van der Waals surface area contributed by atoms with E-state index in [0.29, 0.717) is 37.0 Å². The molecule has 2 aromatic rings. The number of nitrogens with zero attached hydrogens (tertiary/aromatic N) is 4. The normalized spacial score (nSPS) is 18.7. The second kappa shape index (κ2) is 11.0. The smallest absolute Gasteiger partial charge is 0.302 e.